The van der Waals surface area contributed by atoms with E-state index in [1.54, 1.807) is 19.1 Å². The van der Waals surface area contributed by atoms with Crippen molar-refractivity contribution in [3.8, 4) is 11.6 Å². The average molecular weight is 891 g/mol. The molecule has 15 nitrogen and oxygen atoms in total. The average Bonchev–Trinajstić information content (AvgIpc) is 4.11. The lowest BCUT2D eigenvalue weighted by molar-refractivity contribution is -0.157. The summed E-state index contributed by atoms with van der Waals surface area (Å²) < 4.78 is 84.4. The number of hydrogen-bond acceptors (Lipinski definition) is 10. The van der Waals surface area contributed by atoms with E-state index in [1.807, 2.05) is 36.9 Å². The minimum atomic E-state index is -4.48. The second kappa shape index (κ2) is 16.4. The molecule has 0 unspecified atom stereocenters. The molecule has 2 aliphatic carbocycles. The minimum absolute atomic E-state index is 0.00394. The Kier molecular flexibility index (Phi) is 12.0. The van der Waals surface area contributed by atoms with Crippen LogP contribution in [0.25, 0.3) is 10.8 Å². The first-order valence-electron chi connectivity index (χ1n) is 21.4. The highest BCUT2D eigenvalue weighted by atomic mass is 32.2. The standard InChI is InChI=1S/C43H57F3N6O9S/c1-7-26-20-25(2)10-8-9-11-27-22-43(27,38(55)49-62(58,59)42(24-44)15-16-42)48-35(53)32-21-28(23-51(32)37(54)33(26)52(39(56)57)40(3,4)41(5,45)46)61-36-30-12-13-31-34(29(30)14-17-47-36)60-19-18-50(31)6/h9,11-14,17,25-28,32-33H,7-8,10,15-16,18-24H2,1-6H3,(H,48,53)(H,49,55)(H,56,57)/b11-9-/t25-,26-,27-,28-,32+,33+,43-/m1/s1. The van der Waals surface area contributed by atoms with E-state index in [4.69, 9.17) is 9.47 Å². The molecule has 3 N–H and O–H groups in total. The highest BCUT2D eigenvalue weighted by Crippen LogP contribution is 2.49. The number of sulfonamides is 1. The van der Waals surface area contributed by atoms with Gasteiger partial charge in [-0.3, -0.25) is 24.0 Å². The van der Waals surface area contributed by atoms with Crippen LogP contribution in [0.4, 0.5) is 23.7 Å². The fourth-order valence-corrected chi connectivity index (χ4v) is 10.7. The van der Waals surface area contributed by atoms with Crippen LogP contribution >= 0.6 is 0 Å². The predicted octanol–water partition coefficient (Wildman–Crippen LogP) is 5.42. The Labute approximate surface area is 359 Å². The third-order valence-electron chi connectivity index (χ3n) is 13.9. The Balaban J connectivity index is 1.30. The molecular formula is C43H57F3N6O9S. The Morgan fingerprint density at radius 2 is 1.87 bits per heavy atom. The van der Waals surface area contributed by atoms with Gasteiger partial charge >= 0.3 is 6.09 Å². The molecule has 1 aromatic carbocycles. The Hall–Kier alpha value is -4.81. The van der Waals surface area contributed by atoms with Gasteiger partial charge in [0.25, 0.3) is 11.8 Å². The number of ether oxygens (including phenoxy) is 2. The summed E-state index contributed by atoms with van der Waals surface area (Å²) in [6, 6.07) is 2.34. The van der Waals surface area contributed by atoms with Gasteiger partial charge in [0.1, 0.15) is 47.3 Å². The first-order valence-corrected chi connectivity index (χ1v) is 22.8. The van der Waals surface area contributed by atoms with E-state index >= 15 is 13.6 Å². The molecule has 1 aromatic heterocycles. The van der Waals surface area contributed by atoms with Crippen LogP contribution in [0.15, 0.2) is 36.5 Å². The van der Waals surface area contributed by atoms with Crippen LogP contribution in [-0.4, -0.2) is 125 Å². The molecule has 4 amide bonds. The number of allylic oxidation sites excluding steroid dienone is 1. The van der Waals surface area contributed by atoms with Gasteiger partial charge in [0.2, 0.25) is 27.7 Å². The summed E-state index contributed by atoms with van der Waals surface area (Å²) in [6.45, 7) is 6.05. The van der Waals surface area contributed by atoms with Crippen molar-refractivity contribution in [2.45, 2.75) is 126 Å². The zero-order valence-electron chi connectivity index (χ0n) is 36.0. The second-order valence-electron chi connectivity index (χ2n) is 18.5. The molecule has 2 aromatic rings. The van der Waals surface area contributed by atoms with Crippen molar-refractivity contribution in [3.63, 3.8) is 0 Å². The molecule has 62 heavy (non-hydrogen) atoms. The fourth-order valence-electron chi connectivity index (χ4n) is 9.30. The molecular weight excluding hydrogens is 834 g/mol. The van der Waals surface area contributed by atoms with Gasteiger partial charge in [0, 0.05) is 43.3 Å². The zero-order valence-corrected chi connectivity index (χ0v) is 36.8. The number of nitrogens with zero attached hydrogens (tertiary/aromatic N) is 4. The van der Waals surface area contributed by atoms with Crippen molar-refractivity contribution in [1.82, 2.24) is 24.8 Å². The van der Waals surface area contributed by atoms with Crippen LogP contribution in [0.3, 0.4) is 0 Å². The van der Waals surface area contributed by atoms with Crippen LogP contribution in [0.5, 0.6) is 11.6 Å². The first kappa shape index (κ1) is 45.2. The van der Waals surface area contributed by atoms with Gasteiger partial charge in [-0.2, -0.15) is 0 Å². The monoisotopic (exact) mass is 890 g/mol. The summed E-state index contributed by atoms with van der Waals surface area (Å²) in [5.41, 5.74) is -3.33. The molecule has 0 bridgehead atoms. The topological polar surface area (TPSA) is 188 Å². The molecule has 7 rings (SSSR count). The molecule has 0 radical (unpaired) electrons. The number of pyridine rings is 1. The van der Waals surface area contributed by atoms with Crippen molar-refractivity contribution in [1.29, 1.82) is 0 Å². The third-order valence-corrected chi connectivity index (χ3v) is 16.1. The molecule has 1 saturated heterocycles. The number of carbonyl (C=O) groups excluding carboxylic acids is 3. The number of anilines is 1. The number of carbonyl (C=O) groups is 4. The van der Waals surface area contributed by atoms with Gasteiger partial charge in [0.15, 0.2) is 5.75 Å². The van der Waals surface area contributed by atoms with Crippen molar-refractivity contribution in [2.24, 2.45) is 17.8 Å². The van der Waals surface area contributed by atoms with Gasteiger partial charge in [-0.1, -0.05) is 32.4 Å². The van der Waals surface area contributed by atoms with Gasteiger partial charge in [0.05, 0.1) is 18.8 Å². The SMILES string of the molecule is CC[C@@H]1C[C@H](C)CC/C=C\[C@@H]2C[C@@]2(C(=O)NS(=O)(=O)C2(CF)CC2)NC(=O)[C@@H]2C[C@@H](Oc3nccc4c5c(ccc34)N(C)CCO5)CN2C(=O)[C@H]1N(C(=O)O)C(C)(C)C(C)(F)F. The lowest BCUT2D eigenvalue weighted by Crippen LogP contribution is -2.67. The highest BCUT2D eigenvalue weighted by Gasteiger charge is 2.64. The van der Waals surface area contributed by atoms with E-state index < -0.39 is 92.3 Å². The van der Waals surface area contributed by atoms with Crippen LogP contribution in [0.1, 0.15) is 86.0 Å². The summed E-state index contributed by atoms with van der Waals surface area (Å²) in [7, 11) is -2.54. The van der Waals surface area contributed by atoms with Gasteiger partial charge < -0.3 is 29.7 Å². The number of rotatable bonds is 10. The van der Waals surface area contributed by atoms with E-state index in [9.17, 15) is 32.3 Å². The molecule has 5 aliphatic rings. The van der Waals surface area contributed by atoms with E-state index in [-0.39, 0.29) is 56.9 Å². The zero-order chi connectivity index (χ0) is 45.2. The number of amides is 4. The lowest BCUT2D eigenvalue weighted by atomic mass is 9.81. The van der Waals surface area contributed by atoms with Gasteiger partial charge in [-0.25, -0.2) is 31.4 Å². The number of likely N-dealkylation sites (N-methyl/N-ethyl adjacent to an activating group) is 1. The fraction of sp³-hybridized carbons (Fsp3) is 0.651. The largest absolute Gasteiger partial charge is 0.489 e. The summed E-state index contributed by atoms with van der Waals surface area (Å²) in [5.74, 6) is -7.20. The third kappa shape index (κ3) is 8.02. The number of halogens is 3. The van der Waals surface area contributed by atoms with E-state index in [1.165, 1.54) is 6.20 Å². The number of aromatic nitrogens is 1. The molecule has 19 heteroatoms. The second-order valence-corrected chi connectivity index (χ2v) is 20.5. The van der Waals surface area contributed by atoms with Crippen molar-refractivity contribution < 1.29 is 55.3 Å². The molecule has 3 aliphatic heterocycles. The van der Waals surface area contributed by atoms with Crippen LogP contribution < -0.4 is 24.4 Å². The molecule has 3 fully saturated rings. The summed E-state index contributed by atoms with van der Waals surface area (Å²) >= 11 is 0. The minimum Gasteiger partial charge on any atom is -0.489 e. The number of nitrogens with one attached hydrogen (secondary N) is 2. The molecule has 0 spiro atoms. The van der Waals surface area contributed by atoms with Crippen LogP contribution in [-0.2, 0) is 24.4 Å². The van der Waals surface area contributed by atoms with Crippen molar-refractivity contribution in [3.05, 3.63) is 36.5 Å². The molecule has 4 heterocycles. The van der Waals surface area contributed by atoms with E-state index in [2.05, 4.69) is 15.2 Å². The smallest absolute Gasteiger partial charge is 0.408 e. The molecule has 340 valence electrons. The number of alkyl halides is 3. The van der Waals surface area contributed by atoms with Crippen LogP contribution in [0, 0.1) is 17.8 Å². The maximum atomic E-state index is 15.5. The molecule has 2 saturated carbocycles. The lowest BCUT2D eigenvalue weighted by Gasteiger charge is -2.47. The Morgan fingerprint density at radius 3 is 2.52 bits per heavy atom. The Morgan fingerprint density at radius 1 is 1.15 bits per heavy atom. The number of carboxylic acid groups (broad SMARTS) is 1. The first-order chi connectivity index (χ1) is 29.1. The van der Waals surface area contributed by atoms with Crippen LogP contribution in [0.2, 0.25) is 0 Å². The van der Waals surface area contributed by atoms with Crippen molar-refractivity contribution in [2.75, 3.05) is 38.3 Å². The molecule has 7 atom stereocenters. The van der Waals surface area contributed by atoms with Gasteiger partial charge in [-0.05, 0) is 82.4 Å². The Bertz CT molecular complexity index is 2250. The summed E-state index contributed by atoms with van der Waals surface area (Å²) in [5, 5.41) is 14.8. The summed E-state index contributed by atoms with van der Waals surface area (Å²) in [4.78, 5) is 65.6. The normalized spacial score (nSPS) is 29.4. The summed E-state index contributed by atoms with van der Waals surface area (Å²) in [6.07, 6.45) is 3.79. The van der Waals surface area contributed by atoms with E-state index in [0.717, 1.165) is 24.4 Å². The highest BCUT2D eigenvalue weighted by molar-refractivity contribution is 7.91. The van der Waals surface area contributed by atoms with E-state index in [0.29, 0.717) is 54.3 Å². The maximum Gasteiger partial charge on any atom is 0.408 e. The number of fused-ring (bicyclic) bond motifs is 5. The van der Waals surface area contributed by atoms with Gasteiger partial charge in [-0.15, -0.1) is 0 Å². The maximum absolute atomic E-state index is 15.5. The number of hydrogen-bond donors (Lipinski definition) is 3. The quantitative estimate of drug-likeness (QED) is 0.259. The van der Waals surface area contributed by atoms with Crippen molar-refractivity contribution >= 4 is 50.3 Å². The predicted molar refractivity (Wildman–Crippen MR) is 223 cm³/mol. The number of benzene rings is 1.